The fraction of sp³-hybridized carbons (Fsp3) is 0.281. The van der Waals surface area contributed by atoms with E-state index in [0.717, 1.165) is 15.6 Å². The molecule has 5 atom stereocenters. The Morgan fingerprint density at radius 3 is 2.56 bits per heavy atom. The highest BCUT2D eigenvalue weighted by molar-refractivity contribution is 9.10. The molecule has 5 rings (SSSR count). The number of aliphatic hydroxyl groups excluding tert-OH is 1. The maximum Gasteiger partial charge on any atom is 0.229 e. The smallest absolute Gasteiger partial charge is 0.229 e. The summed E-state index contributed by atoms with van der Waals surface area (Å²) >= 11 is 3.50. The van der Waals surface area contributed by atoms with Crippen LogP contribution in [0.25, 0.3) is 0 Å². The van der Waals surface area contributed by atoms with E-state index in [4.69, 9.17) is 9.47 Å². The van der Waals surface area contributed by atoms with Gasteiger partial charge >= 0.3 is 0 Å². The van der Waals surface area contributed by atoms with Gasteiger partial charge in [0.15, 0.2) is 11.2 Å². The van der Waals surface area contributed by atoms with E-state index in [1.165, 1.54) is 25.7 Å². The van der Waals surface area contributed by atoms with Crippen molar-refractivity contribution >= 4 is 28.1 Å². The van der Waals surface area contributed by atoms with Crippen molar-refractivity contribution in [2.75, 3.05) is 20.7 Å². The van der Waals surface area contributed by atoms with Crippen LogP contribution in [0.3, 0.4) is 0 Å². The van der Waals surface area contributed by atoms with Crippen LogP contribution in [0.2, 0.25) is 0 Å². The number of aromatic nitrogens is 1. The van der Waals surface area contributed by atoms with Gasteiger partial charge in [0.1, 0.15) is 17.6 Å². The van der Waals surface area contributed by atoms with Crippen molar-refractivity contribution in [3.05, 3.63) is 113 Å². The van der Waals surface area contributed by atoms with Gasteiger partial charge in [0.2, 0.25) is 5.91 Å². The number of aliphatic hydroxyl groups is 2. The Hall–Kier alpha value is -3.79. The number of aliphatic imine (C=N–C) groups is 1. The lowest BCUT2D eigenvalue weighted by molar-refractivity contribution is -0.156. The molecule has 2 aromatic carbocycles. The molecule has 0 unspecified atom stereocenters. The lowest BCUT2D eigenvalue weighted by Gasteiger charge is -2.41. The van der Waals surface area contributed by atoms with E-state index in [1.807, 2.05) is 67.6 Å². The van der Waals surface area contributed by atoms with Crippen molar-refractivity contribution in [2.45, 2.75) is 30.1 Å². The van der Waals surface area contributed by atoms with Crippen molar-refractivity contribution in [3.63, 3.8) is 0 Å². The Morgan fingerprint density at radius 2 is 1.93 bits per heavy atom. The van der Waals surface area contributed by atoms with Crippen molar-refractivity contribution in [2.24, 2.45) is 10.9 Å². The highest BCUT2D eigenvalue weighted by atomic mass is 79.9. The molecule has 0 radical (unpaired) electrons. The van der Waals surface area contributed by atoms with E-state index in [-0.39, 0.29) is 29.5 Å². The monoisotopic (exact) mass is 617 g/mol. The number of amides is 1. The number of hydrogen-bond donors (Lipinski definition) is 2. The lowest BCUT2D eigenvalue weighted by atomic mass is 9.70. The van der Waals surface area contributed by atoms with E-state index >= 15 is 0 Å². The summed E-state index contributed by atoms with van der Waals surface area (Å²) in [6.07, 6.45) is 6.33. The number of carbonyl (C=O) groups is 1. The Balaban J connectivity index is 1.75. The first-order valence-corrected chi connectivity index (χ1v) is 14.0. The van der Waals surface area contributed by atoms with Gasteiger partial charge in [-0.25, -0.2) is 0 Å². The van der Waals surface area contributed by atoms with Gasteiger partial charge in [-0.15, -0.1) is 0 Å². The number of benzene rings is 2. The van der Waals surface area contributed by atoms with Crippen LogP contribution in [-0.4, -0.2) is 59.0 Å². The number of likely N-dealkylation sites (N-methyl/N-ethyl adjacent to an activating group) is 1. The number of allylic oxidation sites excluding steroid dienone is 1. The molecule has 8 nitrogen and oxygen atoms in total. The minimum atomic E-state index is -2.07. The second kappa shape index (κ2) is 11.2. The van der Waals surface area contributed by atoms with Crippen LogP contribution in [0.1, 0.15) is 29.5 Å². The number of fused-ring (bicyclic) bond motifs is 3. The number of halogens is 1. The van der Waals surface area contributed by atoms with Crippen molar-refractivity contribution < 1.29 is 24.5 Å². The van der Waals surface area contributed by atoms with Crippen LogP contribution in [0.5, 0.6) is 11.5 Å². The van der Waals surface area contributed by atoms with Crippen LogP contribution in [0.15, 0.2) is 101 Å². The molecule has 41 heavy (non-hydrogen) atoms. The van der Waals surface area contributed by atoms with Gasteiger partial charge in [-0.05, 0) is 35.8 Å². The average molecular weight is 619 g/mol. The number of hydrogen-bond acceptors (Lipinski definition) is 7. The van der Waals surface area contributed by atoms with Crippen molar-refractivity contribution in [1.82, 2.24) is 9.88 Å². The predicted molar refractivity (Wildman–Crippen MR) is 160 cm³/mol. The van der Waals surface area contributed by atoms with Gasteiger partial charge < -0.3 is 24.6 Å². The summed E-state index contributed by atoms with van der Waals surface area (Å²) in [7, 11) is 3.14. The Morgan fingerprint density at radius 1 is 1.22 bits per heavy atom. The first-order chi connectivity index (χ1) is 19.7. The highest BCUT2D eigenvalue weighted by Crippen LogP contribution is 2.69. The number of carbonyl (C=O) groups excluding carboxylic acids is 1. The maximum absolute atomic E-state index is 14.4. The molecule has 1 aliphatic heterocycles. The summed E-state index contributed by atoms with van der Waals surface area (Å²) in [5, 5.41) is 25.1. The zero-order valence-corrected chi connectivity index (χ0v) is 24.7. The summed E-state index contributed by atoms with van der Waals surface area (Å²) in [5.74, 6) is -1.70. The molecular weight excluding hydrogens is 586 g/mol. The third-order valence-electron chi connectivity index (χ3n) is 8.11. The standard InChI is InChI=1S/C32H32BrN3O5/c1-5-20(16-34-6-2)19-36(3)30(38)26-27(21-10-8-7-9-11-21)32(22-12-14-23(33)15-13-22)31(39,29(26)37)28-24(40-4)17-35-18-25(28)41-32/h5-18,26-27,29,37,39H,2,19H2,1,3-4H3/b20-5+,34-16-/t26-,27-,29-,31+,32+/m1/s1. The summed E-state index contributed by atoms with van der Waals surface area (Å²) in [4.78, 5) is 24.3. The molecule has 1 aromatic heterocycles. The molecule has 0 saturated heterocycles. The highest BCUT2D eigenvalue weighted by Gasteiger charge is 2.78. The molecule has 1 amide bonds. The normalized spacial score (nSPS) is 26.8. The van der Waals surface area contributed by atoms with Gasteiger partial charge in [-0.2, -0.15) is 0 Å². The molecule has 2 heterocycles. The van der Waals surface area contributed by atoms with Gasteiger partial charge in [0, 0.05) is 36.4 Å². The van der Waals surface area contributed by atoms with E-state index < -0.39 is 29.1 Å². The lowest BCUT2D eigenvalue weighted by Crippen LogP contribution is -2.52. The molecule has 3 aromatic rings. The van der Waals surface area contributed by atoms with E-state index in [9.17, 15) is 15.0 Å². The molecule has 212 valence electrons. The number of ether oxygens (including phenoxy) is 2. The average Bonchev–Trinajstić information content (AvgIpc) is 3.37. The van der Waals surface area contributed by atoms with Crippen LogP contribution in [0.4, 0.5) is 0 Å². The third kappa shape index (κ3) is 4.39. The first-order valence-electron chi connectivity index (χ1n) is 13.2. The van der Waals surface area contributed by atoms with Crippen LogP contribution in [-0.2, 0) is 16.0 Å². The number of pyridine rings is 1. The van der Waals surface area contributed by atoms with E-state index in [1.54, 1.807) is 18.2 Å². The zero-order valence-electron chi connectivity index (χ0n) is 23.1. The topological polar surface area (TPSA) is 104 Å². The molecule has 2 aliphatic rings. The van der Waals surface area contributed by atoms with Gasteiger partial charge in [0.05, 0.1) is 31.0 Å². The molecule has 1 saturated carbocycles. The number of methoxy groups -OCH3 is 1. The van der Waals surface area contributed by atoms with E-state index in [2.05, 4.69) is 32.5 Å². The molecule has 1 fully saturated rings. The fourth-order valence-corrected chi connectivity index (χ4v) is 6.59. The second-order valence-corrected chi connectivity index (χ2v) is 11.1. The van der Waals surface area contributed by atoms with Crippen LogP contribution >= 0.6 is 15.9 Å². The van der Waals surface area contributed by atoms with Crippen molar-refractivity contribution in [3.8, 4) is 11.5 Å². The largest absolute Gasteiger partial charge is 0.495 e. The third-order valence-corrected chi connectivity index (χ3v) is 8.64. The molecule has 2 N–H and O–H groups in total. The van der Waals surface area contributed by atoms with Crippen LogP contribution < -0.4 is 9.47 Å². The minimum absolute atomic E-state index is 0.242. The van der Waals surface area contributed by atoms with E-state index in [0.29, 0.717) is 5.56 Å². The molecule has 0 spiro atoms. The van der Waals surface area contributed by atoms with Crippen LogP contribution in [0, 0.1) is 5.92 Å². The van der Waals surface area contributed by atoms with Gasteiger partial charge in [-0.3, -0.25) is 14.8 Å². The number of rotatable bonds is 8. The van der Waals surface area contributed by atoms with Gasteiger partial charge in [0.25, 0.3) is 0 Å². The summed E-state index contributed by atoms with van der Waals surface area (Å²) in [5.41, 5.74) is -1.28. The summed E-state index contributed by atoms with van der Waals surface area (Å²) in [6.45, 7) is 5.72. The Bertz CT molecular complexity index is 1510. The second-order valence-electron chi connectivity index (χ2n) is 10.2. The zero-order chi connectivity index (χ0) is 29.4. The summed E-state index contributed by atoms with van der Waals surface area (Å²) < 4.78 is 13.2. The molecule has 1 aliphatic carbocycles. The molecular formula is C32H32BrN3O5. The SMILES string of the molecule is C=C/N=C\C(=C/C)CN(C)C(=O)[C@H]1[C@@H](O)[C@@]2(O)c3c(OC)cncc3O[C@@]2(c2ccc(Br)cc2)[C@@H]1c1ccccc1. The first kappa shape index (κ1) is 28.7. The maximum atomic E-state index is 14.4. The number of nitrogens with zero attached hydrogens (tertiary/aromatic N) is 3. The Kier molecular flexibility index (Phi) is 7.87. The minimum Gasteiger partial charge on any atom is -0.495 e. The fourth-order valence-electron chi connectivity index (χ4n) is 6.33. The predicted octanol–water partition coefficient (Wildman–Crippen LogP) is 4.72. The quantitative estimate of drug-likeness (QED) is 0.354. The van der Waals surface area contributed by atoms with Crippen molar-refractivity contribution in [1.29, 1.82) is 0 Å². The Labute approximate surface area is 247 Å². The molecule has 9 heteroatoms. The molecule has 0 bridgehead atoms. The van der Waals surface area contributed by atoms with Gasteiger partial charge in [-0.1, -0.05) is 71.0 Å². The summed E-state index contributed by atoms with van der Waals surface area (Å²) in [6, 6.07) is 16.8.